The molecule has 0 fully saturated rings. The second kappa shape index (κ2) is 5.46. The van der Waals surface area contributed by atoms with E-state index in [9.17, 15) is 4.79 Å². The third-order valence-electron chi connectivity index (χ3n) is 2.41. The Kier molecular flexibility index (Phi) is 3.74. The number of hydrogen-bond donors (Lipinski definition) is 2. The van der Waals surface area contributed by atoms with E-state index in [1.165, 1.54) is 6.26 Å². The number of thiocarbonyl (C=S) groups is 1. The number of benzene rings is 1. The summed E-state index contributed by atoms with van der Waals surface area (Å²) in [7, 11) is 0. The Hall–Kier alpha value is -2.14. The van der Waals surface area contributed by atoms with E-state index in [4.69, 9.17) is 22.4 Å². The fourth-order valence-electron chi connectivity index (χ4n) is 1.51. The summed E-state index contributed by atoms with van der Waals surface area (Å²) in [6, 6.07) is 10.7. The molecule has 2 aromatic rings. The first kappa shape index (κ1) is 12.3. The van der Waals surface area contributed by atoms with Gasteiger partial charge in [-0.1, -0.05) is 30.4 Å². The van der Waals surface area contributed by atoms with E-state index in [0.29, 0.717) is 17.3 Å². The first-order chi connectivity index (χ1) is 8.66. The number of carbonyl (C=O) groups is 1. The van der Waals surface area contributed by atoms with Crippen LogP contribution in [0, 0.1) is 0 Å². The van der Waals surface area contributed by atoms with Crippen LogP contribution < -0.4 is 11.1 Å². The topological polar surface area (TPSA) is 68.3 Å². The van der Waals surface area contributed by atoms with Crippen molar-refractivity contribution in [3.8, 4) is 0 Å². The summed E-state index contributed by atoms with van der Waals surface area (Å²) < 4.78 is 4.99. The molecule has 0 aliphatic rings. The largest absolute Gasteiger partial charge is 0.459 e. The molecule has 92 valence electrons. The molecule has 1 aromatic carbocycles. The van der Waals surface area contributed by atoms with Gasteiger partial charge in [-0.15, -0.1) is 0 Å². The number of furan rings is 1. The van der Waals surface area contributed by atoms with Crippen LogP contribution in [0.5, 0.6) is 0 Å². The third-order valence-corrected chi connectivity index (χ3v) is 2.65. The molecule has 0 saturated carbocycles. The van der Waals surface area contributed by atoms with Gasteiger partial charge in [-0.2, -0.15) is 0 Å². The Morgan fingerprint density at radius 2 is 2.17 bits per heavy atom. The Morgan fingerprint density at radius 1 is 1.33 bits per heavy atom. The maximum atomic E-state index is 11.6. The summed E-state index contributed by atoms with van der Waals surface area (Å²) in [6.45, 7) is 0.399. The first-order valence-corrected chi connectivity index (χ1v) is 5.78. The smallest absolute Gasteiger partial charge is 0.287 e. The lowest BCUT2D eigenvalue weighted by Gasteiger charge is -2.05. The lowest BCUT2D eigenvalue weighted by Crippen LogP contribution is -2.22. The minimum Gasteiger partial charge on any atom is -0.459 e. The lowest BCUT2D eigenvalue weighted by atomic mass is 10.1. The highest BCUT2D eigenvalue weighted by Gasteiger charge is 2.07. The van der Waals surface area contributed by atoms with Gasteiger partial charge in [0.25, 0.3) is 5.91 Å². The van der Waals surface area contributed by atoms with Crippen LogP contribution in [0.1, 0.15) is 21.7 Å². The average molecular weight is 260 g/mol. The van der Waals surface area contributed by atoms with E-state index >= 15 is 0 Å². The van der Waals surface area contributed by atoms with Gasteiger partial charge in [-0.25, -0.2) is 0 Å². The van der Waals surface area contributed by atoms with E-state index in [-0.39, 0.29) is 5.91 Å². The number of rotatable bonds is 4. The van der Waals surface area contributed by atoms with Crippen LogP contribution in [-0.2, 0) is 6.54 Å². The van der Waals surface area contributed by atoms with Crippen molar-refractivity contribution in [3.63, 3.8) is 0 Å². The molecule has 0 saturated heterocycles. The van der Waals surface area contributed by atoms with Gasteiger partial charge in [0, 0.05) is 12.1 Å². The van der Waals surface area contributed by atoms with Crippen LogP contribution in [-0.4, -0.2) is 10.9 Å². The minimum absolute atomic E-state index is 0.249. The maximum absolute atomic E-state index is 11.6. The zero-order chi connectivity index (χ0) is 13.0. The summed E-state index contributed by atoms with van der Waals surface area (Å²) >= 11 is 4.90. The van der Waals surface area contributed by atoms with Crippen molar-refractivity contribution in [2.24, 2.45) is 5.73 Å². The molecule has 1 aromatic heterocycles. The number of carbonyl (C=O) groups excluding carboxylic acids is 1. The first-order valence-electron chi connectivity index (χ1n) is 5.37. The molecule has 4 nitrogen and oxygen atoms in total. The van der Waals surface area contributed by atoms with Crippen molar-refractivity contribution in [1.82, 2.24) is 5.32 Å². The monoisotopic (exact) mass is 260 g/mol. The molecule has 0 spiro atoms. The molecule has 18 heavy (non-hydrogen) atoms. The third kappa shape index (κ3) is 2.95. The molecular formula is C13H12N2O2S. The van der Waals surface area contributed by atoms with E-state index in [2.05, 4.69) is 5.32 Å². The molecule has 0 bridgehead atoms. The predicted molar refractivity (Wildman–Crippen MR) is 72.2 cm³/mol. The fourth-order valence-corrected chi connectivity index (χ4v) is 1.64. The summed E-state index contributed by atoms with van der Waals surface area (Å²) in [6.07, 6.45) is 1.46. The fraction of sp³-hybridized carbons (Fsp3) is 0.0769. The molecule has 3 N–H and O–H groups in total. The van der Waals surface area contributed by atoms with Gasteiger partial charge in [-0.05, 0) is 23.8 Å². The summed E-state index contributed by atoms with van der Waals surface area (Å²) in [4.78, 5) is 12.0. The van der Waals surface area contributed by atoms with Gasteiger partial charge < -0.3 is 15.5 Å². The summed E-state index contributed by atoms with van der Waals surface area (Å²) in [5, 5.41) is 2.75. The quantitative estimate of drug-likeness (QED) is 0.823. The van der Waals surface area contributed by atoms with Crippen LogP contribution in [0.3, 0.4) is 0 Å². The van der Waals surface area contributed by atoms with Crippen molar-refractivity contribution in [2.45, 2.75) is 6.54 Å². The van der Waals surface area contributed by atoms with Crippen LogP contribution in [0.4, 0.5) is 0 Å². The van der Waals surface area contributed by atoms with Gasteiger partial charge >= 0.3 is 0 Å². The van der Waals surface area contributed by atoms with Crippen molar-refractivity contribution in [2.75, 3.05) is 0 Å². The maximum Gasteiger partial charge on any atom is 0.287 e. The van der Waals surface area contributed by atoms with E-state index < -0.39 is 0 Å². The molecule has 2 rings (SSSR count). The SMILES string of the molecule is NC(=S)c1cccc(CNC(=O)c2ccco2)c1. The highest BCUT2D eigenvalue weighted by molar-refractivity contribution is 7.80. The number of hydrogen-bond acceptors (Lipinski definition) is 3. The average Bonchev–Trinajstić information content (AvgIpc) is 2.90. The van der Waals surface area contributed by atoms with Crippen molar-refractivity contribution < 1.29 is 9.21 Å². The Balaban J connectivity index is 2.00. The van der Waals surface area contributed by atoms with Gasteiger partial charge in [0.05, 0.1) is 6.26 Å². The zero-order valence-corrected chi connectivity index (χ0v) is 10.4. The number of nitrogens with two attached hydrogens (primary N) is 1. The van der Waals surface area contributed by atoms with Crippen molar-refractivity contribution >= 4 is 23.1 Å². The van der Waals surface area contributed by atoms with E-state index in [1.807, 2.05) is 24.3 Å². The molecule has 0 radical (unpaired) electrons. The molecular weight excluding hydrogens is 248 g/mol. The highest BCUT2D eigenvalue weighted by Crippen LogP contribution is 2.06. The normalized spacial score (nSPS) is 10.0. The molecule has 0 atom stereocenters. The van der Waals surface area contributed by atoms with Gasteiger partial charge in [0.15, 0.2) is 5.76 Å². The minimum atomic E-state index is -0.249. The van der Waals surface area contributed by atoms with E-state index in [0.717, 1.165) is 11.1 Å². The second-order valence-electron chi connectivity index (χ2n) is 3.72. The van der Waals surface area contributed by atoms with Gasteiger partial charge in [0.1, 0.15) is 4.99 Å². The summed E-state index contributed by atoms with van der Waals surface area (Å²) in [5.41, 5.74) is 7.26. The number of amides is 1. The molecule has 0 unspecified atom stereocenters. The second-order valence-corrected chi connectivity index (χ2v) is 4.16. The lowest BCUT2D eigenvalue weighted by molar-refractivity contribution is 0.0923. The molecule has 0 aliphatic carbocycles. The predicted octanol–water partition coefficient (Wildman–Crippen LogP) is 1.84. The van der Waals surface area contributed by atoms with Gasteiger partial charge in [-0.3, -0.25) is 4.79 Å². The van der Waals surface area contributed by atoms with Crippen LogP contribution >= 0.6 is 12.2 Å². The Bertz CT molecular complexity index is 564. The van der Waals surface area contributed by atoms with Crippen LogP contribution in [0.25, 0.3) is 0 Å². The van der Waals surface area contributed by atoms with Crippen LogP contribution in [0.2, 0.25) is 0 Å². The molecule has 0 aliphatic heterocycles. The summed E-state index contributed by atoms with van der Waals surface area (Å²) in [5.74, 6) is 0.0428. The number of nitrogens with one attached hydrogen (secondary N) is 1. The van der Waals surface area contributed by atoms with Crippen LogP contribution in [0.15, 0.2) is 47.1 Å². The van der Waals surface area contributed by atoms with E-state index in [1.54, 1.807) is 12.1 Å². The Labute approximate surface area is 110 Å². The molecule has 5 heteroatoms. The highest BCUT2D eigenvalue weighted by atomic mass is 32.1. The standard InChI is InChI=1S/C13H12N2O2S/c14-12(18)10-4-1-3-9(7-10)8-15-13(16)11-5-2-6-17-11/h1-7H,8H2,(H2,14,18)(H,15,16). The molecule has 1 heterocycles. The van der Waals surface area contributed by atoms with Crippen molar-refractivity contribution in [3.05, 3.63) is 59.5 Å². The Morgan fingerprint density at radius 3 is 2.83 bits per heavy atom. The zero-order valence-electron chi connectivity index (χ0n) is 9.55. The van der Waals surface area contributed by atoms with Crippen molar-refractivity contribution in [1.29, 1.82) is 0 Å². The van der Waals surface area contributed by atoms with Gasteiger partial charge in [0.2, 0.25) is 0 Å². The molecule has 1 amide bonds.